The van der Waals surface area contributed by atoms with Crippen molar-refractivity contribution in [1.29, 1.82) is 0 Å². The minimum Gasteiger partial charge on any atom is -0.432 e. The van der Waals surface area contributed by atoms with Gasteiger partial charge in [0.25, 0.3) is 12.1 Å². The molecule has 1 aliphatic rings. The third kappa shape index (κ3) is 4.15. The molecule has 0 radical (unpaired) electrons. The van der Waals surface area contributed by atoms with Gasteiger partial charge in [0, 0.05) is 6.42 Å². The van der Waals surface area contributed by atoms with E-state index in [1.165, 1.54) is 6.92 Å². The first-order valence-corrected chi connectivity index (χ1v) is 5.71. The molecule has 0 aromatic heterocycles. The van der Waals surface area contributed by atoms with Crippen LogP contribution in [0.2, 0.25) is 0 Å². The number of hydrogen-bond acceptors (Lipinski definition) is 5. The van der Waals surface area contributed by atoms with Crippen LogP contribution in [0, 0.1) is 5.92 Å². The van der Waals surface area contributed by atoms with Crippen molar-refractivity contribution in [3.8, 4) is 0 Å². The van der Waals surface area contributed by atoms with Gasteiger partial charge in [-0.15, -0.1) is 0 Å². The molecule has 18 heavy (non-hydrogen) atoms. The predicted molar refractivity (Wildman–Crippen MR) is 60.3 cm³/mol. The molecule has 1 heterocycles. The third-order valence-corrected chi connectivity index (χ3v) is 2.54. The van der Waals surface area contributed by atoms with E-state index < -0.39 is 30.1 Å². The third-order valence-electron chi connectivity index (χ3n) is 2.54. The molecule has 7 nitrogen and oxygen atoms in total. The first kappa shape index (κ1) is 14.1. The molecule has 2 unspecified atom stereocenters. The number of carbonyl (C=O) groups excluding carboxylic acids is 4. The van der Waals surface area contributed by atoms with Crippen molar-refractivity contribution in [3.05, 3.63) is 0 Å². The van der Waals surface area contributed by atoms with E-state index in [1.54, 1.807) is 6.92 Å². The number of urea groups is 1. The molecule has 2 atom stereocenters. The summed E-state index contributed by atoms with van der Waals surface area (Å²) in [5, 5.41) is 4.13. The standard InChI is InChI=1S/C11H16N2O5/c1-6(4-3-5-7(2)14)10(16)18-9-8(15)12-11(17)13-9/h6,9H,3-5H2,1-2H3,(H2,12,13,15,17). The quantitative estimate of drug-likeness (QED) is 0.518. The van der Waals surface area contributed by atoms with Crippen molar-refractivity contribution < 1.29 is 23.9 Å². The predicted octanol–water partition coefficient (Wildman–Crippen LogP) is 0.0905. The molecule has 3 amide bonds. The van der Waals surface area contributed by atoms with E-state index >= 15 is 0 Å². The summed E-state index contributed by atoms with van der Waals surface area (Å²) in [5.74, 6) is -1.60. The number of esters is 1. The van der Waals surface area contributed by atoms with Gasteiger partial charge in [0.05, 0.1) is 5.92 Å². The molecule has 2 N–H and O–H groups in total. The van der Waals surface area contributed by atoms with E-state index in [9.17, 15) is 19.2 Å². The zero-order chi connectivity index (χ0) is 13.7. The van der Waals surface area contributed by atoms with Crippen LogP contribution in [-0.2, 0) is 19.1 Å². The van der Waals surface area contributed by atoms with Crippen LogP contribution in [0.3, 0.4) is 0 Å². The first-order valence-electron chi connectivity index (χ1n) is 5.71. The highest BCUT2D eigenvalue weighted by atomic mass is 16.6. The van der Waals surface area contributed by atoms with Crippen LogP contribution in [0.1, 0.15) is 33.1 Å². The number of nitrogens with one attached hydrogen (secondary N) is 2. The Hall–Kier alpha value is -1.92. The van der Waals surface area contributed by atoms with Crippen molar-refractivity contribution in [2.75, 3.05) is 0 Å². The average Bonchev–Trinajstić information content (AvgIpc) is 2.56. The molecular weight excluding hydrogens is 240 g/mol. The van der Waals surface area contributed by atoms with Gasteiger partial charge in [0.2, 0.25) is 0 Å². The Kier molecular flexibility index (Phi) is 4.82. The van der Waals surface area contributed by atoms with Crippen LogP contribution in [0.4, 0.5) is 4.79 Å². The van der Waals surface area contributed by atoms with E-state index in [1.807, 2.05) is 5.32 Å². The summed E-state index contributed by atoms with van der Waals surface area (Å²) in [6.45, 7) is 3.14. The average molecular weight is 256 g/mol. The number of rotatable bonds is 6. The topological polar surface area (TPSA) is 102 Å². The van der Waals surface area contributed by atoms with Crippen LogP contribution in [0.5, 0.6) is 0 Å². The maximum Gasteiger partial charge on any atom is 0.324 e. The normalized spacial score (nSPS) is 20.0. The first-order chi connectivity index (χ1) is 8.40. The Morgan fingerprint density at radius 3 is 2.56 bits per heavy atom. The lowest BCUT2D eigenvalue weighted by Crippen LogP contribution is -2.35. The van der Waals surface area contributed by atoms with Crippen molar-refractivity contribution in [2.45, 2.75) is 39.3 Å². The molecule has 1 rings (SSSR count). The Morgan fingerprint density at radius 1 is 1.39 bits per heavy atom. The Bertz CT molecular complexity index is 380. The van der Waals surface area contributed by atoms with Gasteiger partial charge in [0.1, 0.15) is 5.78 Å². The SMILES string of the molecule is CC(=O)CCCC(C)C(=O)OC1NC(=O)NC1=O. The van der Waals surface area contributed by atoms with E-state index in [2.05, 4.69) is 5.32 Å². The van der Waals surface area contributed by atoms with Crippen molar-refractivity contribution in [3.63, 3.8) is 0 Å². The number of carbonyl (C=O) groups is 4. The van der Waals surface area contributed by atoms with Gasteiger partial charge in [0.15, 0.2) is 0 Å². The number of ketones is 1. The van der Waals surface area contributed by atoms with Gasteiger partial charge in [-0.25, -0.2) is 4.79 Å². The molecule has 0 aliphatic carbocycles. The minimum absolute atomic E-state index is 0.0676. The Morgan fingerprint density at radius 2 is 2.06 bits per heavy atom. The van der Waals surface area contributed by atoms with Crippen LogP contribution in [0.15, 0.2) is 0 Å². The molecule has 0 bridgehead atoms. The lowest BCUT2D eigenvalue weighted by atomic mass is 10.0. The Labute approximate surface area is 104 Å². The molecule has 0 aromatic carbocycles. The molecule has 0 saturated carbocycles. The number of ether oxygens (including phenoxy) is 1. The van der Waals surface area contributed by atoms with E-state index in [-0.39, 0.29) is 5.78 Å². The van der Waals surface area contributed by atoms with Gasteiger partial charge >= 0.3 is 12.0 Å². The van der Waals surface area contributed by atoms with Crippen LogP contribution in [-0.4, -0.2) is 29.9 Å². The fourth-order valence-electron chi connectivity index (χ4n) is 1.49. The summed E-state index contributed by atoms with van der Waals surface area (Å²) in [4.78, 5) is 44.2. The van der Waals surface area contributed by atoms with Crippen molar-refractivity contribution >= 4 is 23.7 Å². The highest BCUT2D eigenvalue weighted by Gasteiger charge is 2.33. The zero-order valence-electron chi connectivity index (χ0n) is 10.3. The van der Waals surface area contributed by atoms with Gasteiger partial charge < -0.3 is 9.53 Å². The number of imide groups is 1. The number of hydrogen-bond donors (Lipinski definition) is 2. The van der Waals surface area contributed by atoms with Crippen molar-refractivity contribution in [2.24, 2.45) is 5.92 Å². The monoisotopic (exact) mass is 256 g/mol. The second-order valence-corrected chi connectivity index (χ2v) is 4.27. The van der Waals surface area contributed by atoms with E-state index in [0.29, 0.717) is 19.3 Å². The smallest absolute Gasteiger partial charge is 0.324 e. The lowest BCUT2D eigenvalue weighted by molar-refractivity contribution is -0.159. The summed E-state index contributed by atoms with van der Waals surface area (Å²) in [5.41, 5.74) is 0. The van der Waals surface area contributed by atoms with Gasteiger partial charge in [-0.3, -0.25) is 20.2 Å². The number of amides is 3. The van der Waals surface area contributed by atoms with Crippen LogP contribution >= 0.6 is 0 Å². The highest BCUT2D eigenvalue weighted by Crippen LogP contribution is 2.11. The second kappa shape index (κ2) is 6.13. The van der Waals surface area contributed by atoms with E-state index in [0.717, 1.165) is 0 Å². The molecule has 0 spiro atoms. The minimum atomic E-state index is -1.25. The lowest BCUT2D eigenvalue weighted by Gasteiger charge is -2.13. The number of Topliss-reactive ketones (excluding diaryl/α,β-unsaturated/α-hetero) is 1. The second-order valence-electron chi connectivity index (χ2n) is 4.27. The Balaban J connectivity index is 2.33. The maximum atomic E-state index is 11.6. The molecule has 7 heteroatoms. The summed E-state index contributed by atoms with van der Waals surface area (Å²) < 4.78 is 4.85. The van der Waals surface area contributed by atoms with Crippen LogP contribution in [0.25, 0.3) is 0 Å². The molecule has 1 fully saturated rings. The molecule has 1 saturated heterocycles. The fraction of sp³-hybridized carbons (Fsp3) is 0.636. The van der Waals surface area contributed by atoms with Crippen LogP contribution < -0.4 is 10.6 Å². The van der Waals surface area contributed by atoms with Gasteiger partial charge in [-0.05, 0) is 19.8 Å². The molecular formula is C11H16N2O5. The summed E-state index contributed by atoms with van der Waals surface area (Å²) in [6, 6.07) is -0.679. The molecule has 100 valence electrons. The van der Waals surface area contributed by atoms with Gasteiger partial charge in [-0.1, -0.05) is 6.92 Å². The summed E-state index contributed by atoms with van der Waals surface area (Å²) in [7, 11) is 0. The maximum absolute atomic E-state index is 11.6. The summed E-state index contributed by atoms with van der Waals surface area (Å²) in [6.07, 6.45) is 0.258. The zero-order valence-corrected chi connectivity index (χ0v) is 10.3. The molecule has 0 aromatic rings. The van der Waals surface area contributed by atoms with Crippen molar-refractivity contribution in [1.82, 2.24) is 10.6 Å². The fourth-order valence-corrected chi connectivity index (χ4v) is 1.49. The highest BCUT2D eigenvalue weighted by molar-refractivity contribution is 6.04. The molecule has 1 aliphatic heterocycles. The van der Waals surface area contributed by atoms with Gasteiger partial charge in [-0.2, -0.15) is 0 Å². The largest absolute Gasteiger partial charge is 0.432 e. The van der Waals surface area contributed by atoms with E-state index in [4.69, 9.17) is 4.74 Å². The summed E-state index contributed by atoms with van der Waals surface area (Å²) >= 11 is 0.